The molecule has 0 radical (unpaired) electrons. The fraction of sp³-hybridized carbons (Fsp3) is 1.00. The number of hydrogen-bond donors (Lipinski definition) is 1. The first-order chi connectivity index (χ1) is 6.37. The maximum atomic E-state index is 10.1. The van der Waals surface area contributed by atoms with Gasteiger partial charge in [-0.2, -0.15) is 0 Å². The van der Waals surface area contributed by atoms with Crippen molar-refractivity contribution in [3.8, 4) is 0 Å². The van der Waals surface area contributed by atoms with Crippen LogP contribution in [0.4, 0.5) is 0 Å². The van der Waals surface area contributed by atoms with E-state index in [9.17, 15) is 4.80 Å². The van der Waals surface area contributed by atoms with Gasteiger partial charge in [-0.3, -0.25) is 0 Å². The summed E-state index contributed by atoms with van der Waals surface area (Å²) in [7, 11) is -0.213. The zero-order valence-electron chi connectivity index (χ0n) is 9.96. The predicted octanol–water partition coefficient (Wildman–Crippen LogP) is 1.38. The molecule has 0 aliphatic rings. The Kier molecular flexibility index (Phi) is 5.49. The highest BCUT2D eigenvalue weighted by Gasteiger charge is 2.53. The molecule has 14 heavy (non-hydrogen) atoms. The van der Waals surface area contributed by atoms with Crippen LogP contribution in [0.5, 0.6) is 0 Å². The van der Waals surface area contributed by atoms with E-state index in [1.807, 2.05) is 20.0 Å². The maximum Gasteiger partial charge on any atom is 0.502 e. The molecule has 1 atom stereocenters. The third-order valence-electron chi connectivity index (χ3n) is 2.54. The third-order valence-corrected chi connectivity index (χ3v) is 10.8. The molecule has 0 aliphatic carbocycles. The van der Waals surface area contributed by atoms with E-state index in [4.69, 9.17) is 13.3 Å². The van der Waals surface area contributed by atoms with Crippen LogP contribution in [0.15, 0.2) is 0 Å². The fourth-order valence-electron chi connectivity index (χ4n) is 1.86. The molecule has 1 N–H and O–H groups in total. The zero-order valence-corrected chi connectivity index (χ0v) is 12.0. The van der Waals surface area contributed by atoms with E-state index in [0.29, 0.717) is 0 Å². The highest BCUT2D eigenvalue weighted by Crippen LogP contribution is 2.34. The van der Waals surface area contributed by atoms with Crippen molar-refractivity contribution in [3.05, 3.63) is 0 Å². The lowest BCUT2D eigenvalue weighted by molar-refractivity contribution is 0.116. The summed E-state index contributed by atoms with van der Waals surface area (Å²) in [6.07, 6.45) is 0.817. The molecule has 0 saturated carbocycles. The first-order valence-electron chi connectivity index (χ1n) is 4.75. The van der Waals surface area contributed by atoms with Crippen LogP contribution in [0, 0.1) is 0 Å². The Morgan fingerprint density at radius 3 is 1.50 bits per heavy atom. The average Bonchev–Trinajstić information content (AvgIpc) is 2.12. The van der Waals surface area contributed by atoms with Crippen LogP contribution in [0.2, 0.25) is 18.3 Å². The van der Waals surface area contributed by atoms with Crippen molar-refractivity contribution in [1.29, 1.82) is 0 Å². The van der Waals surface area contributed by atoms with Gasteiger partial charge < -0.3 is 18.1 Å². The minimum absolute atomic E-state index is 0.0231. The van der Waals surface area contributed by atoms with Crippen molar-refractivity contribution in [2.75, 3.05) is 21.3 Å². The van der Waals surface area contributed by atoms with Gasteiger partial charge in [-0.15, -0.1) is 0 Å². The van der Waals surface area contributed by atoms with Gasteiger partial charge in [-0.1, -0.05) is 6.92 Å². The van der Waals surface area contributed by atoms with Crippen LogP contribution >= 0.6 is 0 Å². The lowest BCUT2D eigenvalue weighted by Gasteiger charge is -2.37. The Morgan fingerprint density at radius 2 is 1.43 bits per heavy atom. The SMILES string of the molecule is CCC([Si](C)(C)O)[Si](OC)(OC)OC. The zero-order chi connectivity index (χ0) is 11.4. The second-order valence-corrected chi connectivity index (χ2v) is 11.5. The molecule has 0 heterocycles. The van der Waals surface area contributed by atoms with Crippen LogP contribution in [0.3, 0.4) is 0 Å². The van der Waals surface area contributed by atoms with Gasteiger partial charge in [0, 0.05) is 26.5 Å². The molecule has 0 saturated heterocycles. The first-order valence-corrected chi connectivity index (χ1v) is 9.58. The first kappa shape index (κ1) is 14.3. The normalized spacial score (nSPS) is 15.6. The summed E-state index contributed by atoms with van der Waals surface area (Å²) in [5.74, 6) is 0. The van der Waals surface area contributed by atoms with E-state index in [1.54, 1.807) is 21.3 Å². The van der Waals surface area contributed by atoms with E-state index in [-0.39, 0.29) is 5.16 Å². The topological polar surface area (TPSA) is 47.9 Å². The minimum Gasteiger partial charge on any atom is -0.432 e. The van der Waals surface area contributed by atoms with Crippen molar-refractivity contribution in [2.24, 2.45) is 0 Å². The molecule has 4 nitrogen and oxygen atoms in total. The molecule has 0 amide bonds. The second-order valence-electron chi connectivity index (χ2n) is 3.83. The predicted molar refractivity (Wildman–Crippen MR) is 60.5 cm³/mol. The van der Waals surface area contributed by atoms with E-state index >= 15 is 0 Å². The molecule has 6 heteroatoms. The molecule has 0 bridgehead atoms. The lowest BCUT2D eigenvalue weighted by atomic mass is 10.6. The number of hydrogen-bond acceptors (Lipinski definition) is 4. The molecule has 0 aliphatic heterocycles. The van der Waals surface area contributed by atoms with E-state index in [2.05, 4.69) is 0 Å². The van der Waals surface area contributed by atoms with Gasteiger partial charge >= 0.3 is 8.80 Å². The van der Waals surface area contributed by atoms with Crippen LogP contribution in [-0.4, -0.2) is 43.2 Å². The maximum absolute atomic E-state index is 10.1. The Bertz CT molecular complexity index is 157. The van der Waals surface area contributed by atoms with Crippen LogP contribution < -0.4 is 0 Å². The highest BCUT2D eigenvalue weighted by atomic mass is 28.4. The van der Waals surface area contributed by atoms with Gasteiger partial charge in [0.15, 0.2) is 8.32 Å². The summed E-state index contributed by atoms with van der Waals surface area (Å²) < 4.78 is 16.2. The molecule has 0 aromatic rings. The van der Waals surface area contributed by atoms with Crippen molar-refractivity contribution < 1.29 is 18.1 Å². The Morgan fingerprint density at radius 1 is 1.07 bits per heavy atom. The largest absolute Gasteiger partial charge is 0.502 e. The summed E-state index contributed by atoms with van der Waals surface area (Å²) >= 11 is 0. The molecular weight excluding hydrogens is 216 g/mol. The van der Waals surface area contributed by atoms with Crippen LogP contribution in [0.25, 0.3) is 0 Å². The molecule has 0 fully saturated rings. The summed E-state index contributed by atoms with van der Waals surface area (Å²) in [6.45, 7) is 5.80. The van der Waals surface area contributed by atoms with Gasteiger partial charge in [0.25, 0.3) is 0 Å². The summed E-state index contributed by atoms with van der Waals surface area (Å²) in [5, 5.41) is 0.0231. The van der Waals surface area contributed by atoms with Gasteiger partial charge in [0.2, 0.25) is 0 Å². The summed E-state index contributed by atoms with van der Waals surface area (Å²) in [4.78, 5) is 10.1. The van der Waals surface area contributed by atoms with Crippen molar-refractivity contribution in [3.63, 3.8) is 0 Å². The third kappa shape index (κ3) is 2.88. The molecule has 0 aromatic carbocycles. The Labute approximate surface area is 88.7 Å². The van der Waals surface area contributed by atoms with Crippen molar-refractivity contribution >= 4 is 17.1 Å². The van der Waals surface area contributed by atoms with Crippen LogP contribution in [-0.2, 0) is 13.3 Å². The van der Waals surface area contributed by atoms with E-state index in [0.717, 1.165) is 6.42 Å². The lowest BCUT2D eigenvalue weighted by Crippen LogP contribution is -2.56. The monoisotopic (exact) mass is 238 g/mol. The smallest absolute Gasteiger partial charge is 0.432 e. The Balaban J connectivity index is 4.94. The van der Waals surface area contributed by atoms with Gasteiger partial charge in [0.1, 0.15) is 0 Å². The molecule has 0 spiro atoms. The van der Waals surface area contributed by atoms with E-state index < -0.39 is 17.1 Å². The average molecular weight is 238 g/mol. The van der Waals surface area contributed by atoms with Gasteiger partial charge in [-0.25, -0.2) is 0 Å². The highest BCUT2D eigenvalue weighted by molar-refractivity contribution is 6.87. The second kappa shape index (κ2) is 5.38. The molecule has 0 rings (SSSR count). The van der Waals surface area contributed by atoms with Crippen molar-refractivity contribution in [1.82, 2.24) is 0 Å². The Hall–Kier alpha value is 0.274. The number of rotatable bonds is 6. The fourth-order valence-corrected chi connectivity index (χ4v) is 9.23. The molecule has 0 aromatic heterocycles. The summed E-state index contributed by atoms with van der Waals surface area (Å²) in [6, 6.07) is 0. The van der Waals surface area contributed by atoms with Gasteiger partial charge in [-0.05, 0) is 19.5 Å². The molecule has 86 valence electrons. The summed E-state index contributed by atoms with van der Waals surface area (Å²) in [5.41, 5.74) is 0. The molecular formula is C8H22O4Si2. The van der Waals surface area contributed by atoms with E-state index in [1.165, 1.54) is 0 Å². The van der Waals surface area contributed by atoms with Crippen molar-refractivity contribution in [2.45, 2.75) is 31.6 Å². The molecule has 1 unspecified atom stereocenters. The minimum atomic E-state index is -2.67. The quantitative estimate of drug-likeness (QED) is 0.710. The van der Waals surface area contributed by atoms with Gasteiger partial charge in [0.05, 0.1) is 0 Å². The standard InChI is InChI=1S/C8H22O4Si2/c1-7-8(13(5,6)9)14(10-2,11-3)12-4/h8-9H,7H2,1-6H3. The van der Waals surface area contributed by atoms with Crippen LogP contribution in [0.1, 0.15) is 13.3 Å².